The van der Waals surface area contributed by atoms with E-state index in [9.17, 15) is 29.7 Å². The van der Waals surface area contributed by atoms with Crippen molar-refractivity contribution in [3.63, 3.8) is 0 Å². The fourth-order valence-corrected chi connectivity index (χ4v) is 5.87. The molecule has 1 aromatic rings. The van der Waals surface area contributed by atoms with Gasteiger partial charge in [0.25, 0.3) is 0 Å². The number of methoxy groups -OCH3 is 1. The molecule has 254 valence electrons. The zero-order valence-corrected chi connectivity index (χ0v) is 26.9. The van der Waals surface area contributed by atoms with Gasteiger partial charge in [-0.05, 0) is 50.3 Å². The number of amides is 3. The van der Waals surface area contributed by atoms with Gasteiger partial charge < -0.3 is 46.5 Å². The Kier molecular flexibility index (Phi) is 14.0. The van der Waals surface area contributed by atoms with Gasteiger partial charge in [0.1, 0.15) is 23.4 Å². The topological polar surface area (TPSA) is 196 Å². The number of ether oxygens (including phenoxy) is 2. The Hall–Kier alpha value is -2.81. The molecular formula is C32H53N5O8. The molecule has 1 aliphatic heterocycles. The van der Waals surface area contributed by atoms with Crippen LogP contribution in [0.4, 0.5) is 0 Å². The van der Waals surface area contributed by atoms with Gasteiger partial charge in [-0.25, -0.2) is 0 Å². The molecule has 0 aromatic heterocycles. The van der Waals surface area contributed by atoms with Crippen molar-refractivity contribution in [2.45, 2.75) is 94.7 Å². The molecule has 0 bridgehead atoms. The molecule has 1 saturated carbocycles. The number of hydrogen-bond donors (Lipinski definition) is 7. The number of carbonyl (C=O) groups is 3. The summed E-state index contributed by atoms with van der Waals surface area (Å²) >= 11 is 0. The minimum atomic E-state index is -2.75. The minimum Gasteiger partial charge on any atom is -0.497 e. The second-order valence-corrected chi connectivity index (χ2v) is 12.6. The summed E-state index contributed by atoms with van der Waals surface area (Å²) in [5, 5.41) is 41.3. The van der Waals surface area contributed by atoms with Gasteiger partial charge in [0.05, 0.1) is 32.9 Å². The van der Waals surface area contributed by atoms with Gasteiger partial charge >= 0.3 is 0 Å². The third-order valence-corrected chi connectivity index (χ3v) is 9.05. The van der Waals surface area contributed by atoms with Crippen LogP contribution < -0.4 is 26.4 Å². The molecule has 3 amide bonds. The molecule has 2 aliphatic rings. The van der Waals surface area contributed by atoms with Crippen molar-refractivity contribution in [3.05, 3.63) is 29.8 Å². The molecule has 1 aliphatic carbocycles. The maximum atomic E-state index is 13.8. The monoisotopic (exact) mass is 635 g/mol. The highest BCUT2D eigenvalue weighted by atomic mass is 16.5. The summed E-state index contributed by atoms with van der Waals surface area (Å²) in [7, 11) is 1.54. The molecule has 13 nitrogen and oxygen atoms in total. The van der Waals surface area contributed by atoms with Gasteiger partial charge in [-0.15, -0.1) is 0 Å². The third-order valence-electron chi connectivity index (χ3n) is 9.05. The highest BCUT2D eigenvalue weighted by molar-refractivity contribution is 5.92. The maximum Gasteiger partial charge on any atom is 0.243 e. The number of rotatable bonds is 16. The summed E-state index contributed by atoms with van der Waals surface area (Å²) in [6.07, 6.45) is 6.29. The number of carbonyl (C=O) groups excluding carboxylic acids is 3. The first kappa shape index (κ1) is 36.7. The van der Waals surface area contributed by atoms with Crippen molar-refractivity contribution in [3.8, 4) is 5.75 Å². The predicted molar refractivity (Wildman–Crippen MR) is 168 cm³/mol. The number of hydrogen-bond acceptors (Lipinski definition) is 10. The number of morpholine rings is 1. The summed E-state index contributed by atoms with van der Waals surface area (Å²) in [5.74, 6) is -3.33. The molecule has 0 unspecified atom stereocenters. The average molecular weight is 636 g/mol. The number of nitrogens with two attached hydrogens (primary N) is 1. The second-order valence-electron chi connectivity index (χ2n) is 12.6. The molecule has 0 radical (unpaired) electrons. The van der Waals surface area contributed by atoms with Crippen molar-refractivity contribution < 1.29 is 39.2 Å². The molecule has 0 spiro atoms. The van der Waals surface area contributed by atoms with E-state index in [1.54, 1.807) is 31.4 Å². The molecule has 1 heterocycles. The molecule has 3 rings (SSSR count). The number of benzene rings is 1. The normalized spacial score (nSPS) is 19.9. The fraction of sp³-hybridized carbons (Fsp3) is 0.719. The van der Waals surface area contributed by atoms with E-state index >= 15 is 0 Å². The molecule has 45 heavy (non-hydrogen) atoms. The van der Waals surface area contributed by atoms with Crippen LogP contribution in [0.15, 0.2) is 24.3 Å². The highest BCUT2D eigenvalue weighted by Crippen LogP contribution is 2.31. The molecule has 4 atom stereocenters. The van der Waals surface area contributed by atoms with Crippen molar-refractivity contribution in [2.75, 3.05) is 46.5 Å². The van der Waals surface area contributed by atoms with Crippen LogP contribution in [-0.4, -0.2) is 114 Å². The van der Waals surface area contributed by atoms with E-state index in [1.807, 2.05) is 4.90 Å². The van der Waals surface area contributed by atoms with Crippen molar-refractivity contribution >= 4 is 17.7 Å². The van der Waals surface area contributed by atoms with Gasteiger partial charge in [-0.3, -0.25) is 19.3 Å². The first-order valence-electron chi connectivity index (χ1n) is 16.1. The van der Waals surface area contributed by atoms with Gasteiger partial charge in [0.2, 0.25) is 23.5 Å². The van der Waals surface area contributed by atoms with E-state index in [2.05, 4.69) is 16.0 Å². The van der Waals surface area contributed by atoms with E-state index < -0.39 is 47.9 Å². The van der Waals surface area contributed by atoms with E-state index in [1.165, 1.54) is 20.3 Å². The minimum absolute atomic E-state index is 0.0719. The SMILES string of the molecule is COc1ccc(C[C@H](NC(=O)[C@H](C)NC(=O)CN2CCOCC2)C(=O)N[C@@H](CCC2CCCCC2)C(O)(O)[C@](C)(O)CN)cc1. The molecular weight excluding hydrogens is 582 g/mol. The Bertz CT molecular complexity index is 1090. The third kappa shape index (κ3) is 10.9. The molecule has 1 saturated heterocycles. The Morgan fingerprint density at radius 3 is 2.27 bits per heavy atom. The maximum absolute atomic E-state index is 13.8. The quantitative estimate of drug-likeness (QED) is 0.120. The summed E-state index contributed by atoms with van der Waals surface area (Å²) in [4.78, 5) is 41.7. The first-order valence-corrected chi connectivity index (χ1v) is 16.1. The van der Waals surface area contributed by atoms with Crippen LogP contribution in [0.2, 0.25) is 0 Å². The first-order chi connectivity index (χ1) is 21.4. The number of nitrogens with zero attached hydrogens (tertiary/aromatic N) is 1. The Labute approximate surface area is 266 Å². The number of nitrogens with one attached hydrogen (secondary N) is 3. The lowest BCUT2D eigenvalue weighted by Crippen LogP contribution is -2.68. The van der Waals surface area contributed by atoms with Gasteiger partial charge in [0.15, 0.2) is 0 Å². The van der Waals surface area contributed by atoms with Gasteiger partial charge in [0, 0.05) is 26.1 Å². The lowest BCUT2D eigenvalue weighted by molar-refractivity contribution is -0.280. The average Bonchev–Trinajstić information content (AvgIpc) is 3.03. The van der Waals surface area contributed by atoms with E-state index in [4.69, 9.17) is 15.2 Å². The fourth-order valence-electron chi connectivity index (χ4n) is 5.87. The lowest BCUT2D eigenvalue weighted by atomic mass is 9.81. The zero-order valence-electron chi connectivity index (χ0n) is 26.9. The van der Waals surface area contributed by atoms with Crippen molar-refractivity contribution in [2.24, 2.45) is 11.7 Å². The van der Waals surface area contributed by atoms with E-state index in [0.717, 1.165) is 25.7 Å². The van der Waals surface area contributed by atoms with Crippen LogP contribution in [-0.2, 0) is 25.5 Å². The second kappa shape index (κ2) is 17.2. The van der Waals surface area contributed by atoms with Crippen LogP contribution in [0.3, 0.4) is 0 Å². The van der Waals surface area contributed by atoms with Crippen LogP contribution >= 0.6 is 0 Å². The highest BCUT2D eigenvalue weighted by Gasteiger charge is 2.50. The molecule has 8 N–H and O–H groups in total. The molecule has 13 heteroatoms. The largest absolute Gasteiger partial charge is 0.497 e. The predicted octanol–water partition coefficient (Wildman–Crippen LogP) is -0.205. The standard InChI is InChI=1S/C32H53N5O8/c1-22(34-28(38)20-37-15-17-45-18-16-37)29(39)35-26(19-24-9-12-25(44-3)13-10-24)30(40)36-27(32(42,43)31(2,41)21-33)14-11-23-7-5-4-6-8-23/h9-10,12-13,22-23,26-27,41-43H,4-8,11,14-21,33H2,1-3H3,(H,34,38)(H,35,39)(H,36,40)/t22-,26-,27-,31+/m0/s1. The van der Waals surface area contributed by atoms with Crippen LogP contribution in [0.5, 0.6) is 5.75 Å². The van der Waals surface area contributed by atoms with Gasteiger partial charge in [-0.2, -0.15) is 0 Å². The molecule has 2 fully saturated rings. The Balaban J connectivity index is 1.76. The summed E-state index contributed by atoms with van der Waals surface area (Å²) < 4.78 is 10.5. The zero-order chi connectivity index (χ0) is 33.0. The summed E-state index contributed by atoms with van der Waals surface area (Å²) in [5.41, 5.74) is 4.29. The van der Waals surface area contributed by atoms with Crippen molar-refractivity contribution in [1.29, 1.82) is 0 Å². The lowest BCUT2D eigenvalue weighted by Gasteiger charge is -2.42. The van der Waals surface area contributed by atoms with Crippen molar-refractivity contribution in [1.82, 2.24) is 20.9 Å². The van der Waals surface area contributed by atoms with E-state index in [0.29, 0.717) is 50.0 Å². The van der Waals surface area contributed by atoms with Crippen LogP contribution in [0.1, 0.15) is 64.4 Å². The van der Waals surface area contributed by atoms with Gasteiger partial charge in [-0.1, -0.05) is 44.2 Å². The Morgan fingerprint density at radius 2 is 1.67 bits per heavy atom. The smallest absolute Gasteiger partial charge is 0.243 e. The van der Waals surface area contributed by atoms with Crippen LogP contribution in [0.25, 0.3) is 0 Å². The summed E-state index contributed by atoms with van der Waals surface area (Å²) in [6.45, 7) is 4.73. The Morgan fingerprint density at radius 1 is 1.02 bits per heavy atom. The van der Waals surface area contributed by atoms with E-state index in [-0.39, 0.29) is 25.3 Å². The van der Waals surface area contributed by atoms with Crippen LogP contribution in [0, 0.1) is 5.92 Å². The number of aliphatic hydroxyl groups is 3. The summed E-state index contributed by atoms with van der Waals surface area (Å²) in [6, 6.07) is 3.64. The molecule has 1 aromatic carbocycles.